The summed E-state index contributed by atoms with van der Waals surface area (Å²) in [5.74, 6) is 0.113. The van der Waals surface area contributed by atoms with Crippen LogP contribution in [-0.4, -0.2) is 19.0 Å². The summed E-state index contributed by atoms with van der Waals surface area (Å²) in [5, 5.41) is 0. The summed E-state index contributed by atoms with van der Waals surface area (Å²) < 4.78 is 5.04. The molecule has 0 fully saturated rings. The van der Waals surface area contributed by atoms with E-state index in [0.717, 1.165) is 6.42 Å². The van der Waals surface area contributed by atoms with Crippen LogP contribution >= 0.6 is 0 Å². The second kappa shape index (κ2) is 3.86. The van der Waals surface area contributed by atoms with Crippen LogP contribution in [0.2, 0.25) is 0 Å². The van der Waals surface area contributed by atoms with E-state index in [1.54, 1.807) is 14.0 Å². The fourth-order valence-corrected chi connectivity index (χ4v) is 0.949. The molecule has 0 amide bonds. The molecule has 1 unspecified atom stereocenters. The van der Waals surface area contributed by atoms with E-state index in [1.165, 1.54) is 0 Å². The van der Waals surface area contributed by atoms with E-state index in [4.69, 9.17) is 4.74 Å². The third-order valence-corrected chi connectivity index (χ3v) is 1.54. The fourth-order valence-electron chi connectivity index (χ4n) is 0.949. The van der Waals surface area contributed by atoms with Gasteiger partial charge in [0.2, 0.25) is 0 Å². The lowest BCUT2D eigenvalue weighted by atomic mass is 9.88. The first-order valence-corrected chi connectivity index (χ1v) is 3.90. The molecule has 1 atom stereocenters. The number of carbonyl (C=O) groups excluding carboxylic acids is 1. The molecule has 0 aromatic heterocycles. The monoisotopic (exact) mass is 158 g/mol. The van der Waals surface area contributed by atoms with Gasteiger partial charge in [0.15, 0.2) is 5.78 Å². The Morgan fingerprint density at radius 2 is 1.91 bits per heavy atom. The van der Waals surface area contributed by atoms with E-state index in [1.807, 2.05) is 0 Å². The van der Waals surface area contributed by atoms with Gasteiger partial charge in [0.25, 0.3) is 0 Å². The Bertz CT molecular complexity index is 133. The summed E-state index contributed by atoms with van der Waals surface area (Å²) in [5.41, 5.74) is 0.159. The number of Topliss-reactive ketones (excluding diaryl/α,β-unsaturated/α-hetero) is 1. The lowest BCUT2D eigenvalue weighted by molar-refractivity contribution is -0.128. The Morgan fingerprint density at radius 1 is 1.45 bits per heavy atom. The van der Waals surface area contributed by atoms with Crippen molar-refractivity contribution in [1.82, 2.24) is 0 Å². The smallest absolute Gasteiger partial charge is 0.158 e. The van der Waals surface area contributed by atoms with Crippen LogP contribution in [0.4, 0.5) is 0 Å². The van der Waals surface area contributed by atoms with Gasteiger partial charge in [0.05, 0.1) is 0 Å². The Balaban J connectivity index is 3.99. The van der Waals surface area contributed by atoms with E-state index >= 15 is 0 Å². The van der Waals surface area contributed by atoms with E-state index in [2.05, 4.69) is 20.8 Å². The second-order valence-corrected chi connectivity index (χ2v) is 4.10. The highest BCUT2D eigenvalue weighted by Crippen LogP contribution is 2.22. The summed E-state index contributed by atoms with van der Waals surface area (Å²) in [6.07, 6.45) is 0.564. The number of ether oxygens (including phenoxy) is 1. The van der Waals surface area contributed by atoms with Gasteiger partial charge in [0.1, 0.15) is 6.10 Å². The highest BCUT2D eigenvalue weighted by Gasteiger charge is 2.21. The minimum absolute atomic E-state index is 0.113. The molecular weight excluding hydrogens is 140 g/mol. The van der Waals surface area contributed by atoms with Crippen molar-refractivity contribution < 1.29 is 9.53 Å². The van der Waals surface area contributed by atoms with Gasteiger partial charge in [-0.2, -0.15) is 0 Å². The first-order valence-electron chi connectivity index (χ1n) is 3.90. The molecule has 0 aliphatic heterocycles. The van der Waals surface area contributed by atoms with Gasteiger partial charge >= 0.3 is 0 Å². The van der Waals surface area contributed by atoms with Crippen molar-refractivity contribution in [2.45, 2.75) is 40.2 Å². The van der Waals surface area contributed by atoms with E-state index in [-0.39, 0.29) is 17.3 Å². The SMILES string of the molecule is COC(CC(C)(C)C)C(C)=O. The molecule has 0 spiro atoms. The van der Waals surface area contributed by atoms with Crippen LogP contribution in [0.25, 0.3) is 0 Å². The van der Waals surface area contributed by atoms with Crippen molar-refractivity contribution in [2.75, 3.05) is 7.11 Å². The zero-order valence-corrected chi connectivity index (χ0v) is 8.10. The highest BCUT2D eigenvalue weighted by molar-refractivity contribution is 5.80. The number of rotatable bonds is 3. The lowest BCUT2D eigenvalue weighted by Gasteiger charge is -2.22. The summed E-state index contributed by atoms with van der Waals surface area (Å²) in [4.78, 5) is 10.9. The molecule has 0 aromatic carbocycles. The molecule has 11 heavy (non-hydrogen) atoms. The third-order valence-electron chi connectivity index (χ3n) is 1.54. The minimum Gasteiger partial charge on any atom is -0.374 e. The molecule has 0 rings (SSSR count). The number of hydrogen-bond donors (Lipinski definition) is 0. The molecule has 0 aliphatic rings. The Kier molecular flexibility index (Phi) is 3.73. The molecule has 66 valence electrons. The molecule has 0 aromatic rings. The van der Waals surface area contributed by atoms with Crippen LogP contribution in [0, 0.1) is 5.41 Å². The van der Waals surface area contributed by atoms with Crippen molar-refractivity contribution in [1.29, 1.82) is 0 Å². The maximum absolute atomic E-state index is 10.9. The standard InChI is InChI=1S/C9H18O2/c1-7(10)8(11-5)6-9(2,3)4/h8H,6H2,1-5H3. The predicted molar refractivity (Wildman–Crippen MR) is 45.6 cm³/mol. The molecule has 0 bridgehead atoms. The molecule has 0 heterocycles. The van der Waals surface area contributed by atoms with Gasteiger partial charge in [-0.1, -0.05) is 20.8 Å². The number of ketones is 1. The van der Waals surface area contributed by atoms with Gasteiger partial charge in [-0.25, -0.2) is 0 Å². The van der Waals surface area contributed by atoms with Crippen molar-refractivity contribution in [3.8, 4) is 0 Å². The van der Waals surface area contributed by atoms with Crippen molar-refractivity contribution in [3.63, 3.8) is 0 Å². The predicted octanol–water partition coefficient (Wildman–Crippen LogP) is 2.03. The average Bonchev–Trinajstić information content (AvgIpc) is 1.80. The molecule has 2 nitrogen and oxygen atoms in total. The Hall–Kier alpha value is -0.370. The van der Waals surface area contributed by atoms with Crippen LogP contribution in [-0.2, 0) is 9.53 Å². The van der Waals surface area contributed by atoms with E-state index in [0.29, 0.717) is 0 Å². The summed E-state index contributed by atoms with van der Waals surface area (Å²) >= 11 is 0. The summed E-state index contributed by atoms with van der Waals surface area (Å²) in [6.45, 7) is 7.87. The van der Waals surface area contributed by atoms with Gasteiger partial charge in [-0.05, 0) is 18.8 Å². The zero-order valence-electron chi connectivity index (χ0n) is 8.10. The van der Waals surface area contributed by atoms with Crippen LogP contribution in [0.5, 0.6) is 0 Å². The minimum atomic E-state index is -0.227. The molecular formula is C9H18O2. The molecule has 0 saturated heterocycles. The number of carbonyl (C=O) groups is 1. The zero-order chi connectivity index (χ0) is 9.07. The molecule has 0 saturated carbocycles. The van der Waals surface area contributed by atoms with Gasteiger partial charge in [-0.3, -0.25) is 4.79 Å². The first-order chi connectivity index (χ1) is 4.87. The molecule has 0 aliphatic carbocycles. The second-order valence-electron chi connectivity index (χ2n) is 4.10. The largest absolute Gasteiger partial charge is 0.374 e. The Morgan fingerprint density at radius 3 is 2.00 bits per heavy atom. The maximum atomic E-state index is 10.9. The van der Waals surface area contributed by atoms with Crippen molar-refractivity contribution >= 4 is 5.78 Å². The first kappa shape index (κ1) is 10.6. The van der Waals surface area contributed by atoms with E-state index in [9.17, 15) is 4.79 Å². The van der Waals surface area contributed by atoms with Crippen LogP contribution in [0.1, 0.15) is 34.1 Å². The van der Waals surface area contributed by atoms with Crippen LogP contribution < -0.4 is 0 Å². The van der Waals surface area contributed by atoms with E-state index < -0.39 is 0 Å². The van der Waals surface area contributed by atoms with Crippen molar-refractivity contribution in [2.24, 2.45) is 5.41 Å². The van der Waals surface area contributed by atoms with Gasteiger partial charge in [0, 0.05) is 7.11 Å². The van der Waals surface area contributed by atoms with Gasteiger partial charge in [-0.15, -0.1) is 0 Å². The van der Waals surface area contributed by atoms with Crippen molar-refractivity contribution in [3.05, 3.63) is 0 Å². The highest BCUT2D eigenvalue weighted by atomic mass is 16.5. The Labute approximate surface area is 68.9 Å². The summed E-state index contributed by atoms with van der Waals surface area (Å²) in [7, 11) is 1.58. The average molecular weight is 158 g/mol. The molecule has 0 N–H and O–H groups in total. The van der Waals surface area contributed by atoms with Crippen LogP contribution in [0.15, 0.2) is 0 Å². The topological polar surface area (TPSA) is 26.3 Å². The molecule has 2 heteroatoms. The fraction of sp³-hybridized carbons (Fsp3) is 0.889. The number of methoxy groups -OCH3 is 1. The molecule has 0 radical (unpaired) electrons. The van der Waals surface area contributed by atoms with Gasteiger partial charge < -0.3 is 4.74 Å². The third kappa shape index (κ3) is 4.96. The summed E-state index contributed by atoms with van der Waals surface area (Å²) in [6, 6.07) is 0. The normalized spacial score (nSPS) is 14.6. The van der Waals surface area contributed by atoms with Crippen LogP contribution in [0.3, 0.4) is 0 Å². The number of hydrogen-bond acceptors (Lipinski definition) is 2. The quantitative estimate of drug-likeness (QED) is 0.628. The maximum Gasteiger partial charge on any atom is 0.158 e. The lowest BCUT2D eigenvalue weighted by Crippen LogP contribution is -2.26.